The van der Waals surface area contributed by atoms with E-state index in [9.17, 15) is 34.8 Å². The summed E-state index contributed by atoms with van der Waals surface area (Å²) in [6.07, 6.45) is -4.19. The quantitative estimate of drug-likeness (QED) is 0.213. The van der Waals surface area contributed by atoms with Gasteiger partial charge in [-0.1, -0.05) is 24.3 Å². The average Bonchev–Trinajstić information content (AvgIpc) is 2.95. The maximum atomic E-state index is 13.9. The lowest BCUT2D eigenvalue weighted by molar-refractivity contribution is -0.250. The van der Waals surface area contributed by atoms with Gasteiger partial charge in [-0.25, -0.2) is 0 Å². The van der Waals surface area contributed by atoms with E-state index in [0.717, 1.165) is 0 Å². The summed E-state index contributed by atoms with van der Waals surface area (Å²) in [5, 5.41) is 39.8. The number of nitrogens with two attached hydrogens (primary N) is 1. The number of hydrogen-bond donors (Lipinski definition) is 5. The van der Waals surface area contributed by atoms with E-state index in [1.54, 1.807) is 19.1 Å². The van der Waals surface area contributed by atoms with Crippen LogP contribution in [0.15, 0.2) is 24.3 Å². The molecule has 0 spiro atoms. The van der Waals surface area contributed by atoms with Gasteiger partial charge in [-0.05, 0) is 13.8 Å². The van der Waals surface area contributed by atoms with Gasteiger partial charge in [-0.15, -0.1) is 0 Å². The number of aliphatic hydroxyl groups excluding tert-OH is 4. The molecule has 1 unspecified atom stereocenters. The SMILES string of the molecule is CC(=O)[C@]1(OCO)Cc2c(OCO)c3c(c(OCO)c2C(O[C@H]2C[C@H](N)[C@@H](O)[C@@H](C)O2)C1)C(=O)c1ccccc1C3=O. The largest absolute Gasteiger partial charge is 0.467 e. The van der Waals surface area contributed by atoms with E-state index in [1.807, 2.05) is 0 Å². The third-order valence-electron chi connectivity index (χ3n) is 8.18. The van der Waals surface area contributed by atoms with Gasteiger partial charge < -0.3 is 49.8 Å². The zero-order valence-corrected chi connectivity index (χ0v) is 23.1. The molecule has 0 bridgehead atoms. The first-order valence-electron chi connectivity index (χ1n) is 13.5. The summed E-state index contributed by atoms with van der Waals surface area (Å²) in [6.45, 7) is 0.284. The molecule has 13 nitrogen and oxygen atoms in total. The number of carbonyl (C=O) groups excluding carboxylic acids is 3. The van der Waals surface area contributed by atoms with E-state index < -0.39 is 74.0 Å². The fourth-order valence-electron chi connectivity index (χ4n) is 6.14. The second kappa shape index (κ2) is 11.8. The van der Waals surface area contributed by atoms with Gasteiger partial charge in [0, 0.05) is 47.6 Å². The Kier molecular flexibility index (Phi) is 8.47. The van der Waals surface area contributed by atoms with Crippen LogP contribution < -0.4 is 15.2 Å². The van der Waals surface area contributed by atoms with Crippen LogP contribution in [0.4, 0.5) is 0 Å². The number of carbonyl (C=O) groups is 3. The van der Waals surface area contributed by atoms with Crippen molar-refractivity contribution in [1.82, 2.24) is 0 Å². The van der Waals surface area contributed by atoms with Gasteiger partial charge in [0.1, 0.15) is 23.9 Å². The van der Waals surface area contributed by atoms with E-state index in [2.05, 4.69) is 0 Å². The molecule has 1 saturated heterocycles. The molecule has 2 aromatic carbocycles. The number of hydrogen-bond acceptors (Lipinski definition) is 13. The van der Waals surface area contributed by atoms with Crippen molar-refractivity contribution in [2.75, 3.05) is 20.4 Å². The number of Topliss-reactive ketones (excluding diaryl/α,β-unsaturated/α-hetero) is 1. The lowest BCUT2D eigenvalue weighted by Gasteiger charge is -2.44. The smallest absolute Gasteiger partial charge is 0.198 e. The van der Waals surface area contributed by atoms with Gasteiger partial charge in [0.05, 0.1) is 29.4 Å². The van der Waals surface area contributed by atoms with Crippen molar-refractivity contribution in [3.05, 3.63) is 57.6 Å². The summed E-state index contributed by atoms with van der Waals surface area (Å²) in [5.41, 5.74) is 4.51. The van der Waals surface area contributed by atoms with E-state index in [1.165, 1.54) is 19.1 Å². The summed E-state index contributed by atoms with van der Waals surface area (Å²) in [4.78, 5) is 40.8. The van der Waals surface area contributed by atoms with Gasteiger partial charge in [-0.2, -0.15) is 0 Å². The summed E-state index contributed by atoms with van der Waals surface area (Å²) in [5.74, 6) is -2.02. The molecule has 6 N–H and O–H groups in total. The fraction of sp³-hybridized carbons (Fsp3) is 0.483. The van der Waals surface area contributed by atoms with Crippen LogP contribution in [-0.4, -0.2) is 88.3 Å². The molecule has 13 heteroatoms. The molecule has 0 radical (unpaired) electrons. The normalized spacial score (nSPS) is 28.5. The Morgan fingerprint density at radius 2 is 1.62 bits per heavy atom. The van der Waals surface area contributed by atoms with E-state index in [4.69, 9.17) is 29.4 Å². The molecular formula is C29H33NO12. The predicted molar refractivity (Wildman–Crippen MR) is 142 cm³/mol. The lowest BCUT2D eigenvalue weighted by atomic mass is 9.72. The molecule has 0 aromatic heterocycles. The minimum absolute atomic E-state index is 0.0667. The molecule has 1 aliphatic heterocycles. The number of ketones is 3. The van der Waals surface area contributed by atoms with Crippen LogP contribution in [0.1, 0.15) is 75.8 Å². The minimum atomic E-state index is -1.69. The van der Waals surface area contributed by atoms with Crippen LogP contribution in [0, 0.1) is 0 Å². The molecule has 5 rings (SSSR count). The molecule has 1 heterocycles. The number of rotatable bonds is 9. The third-order valence-corrected chi connectivity index (χ3v) is 8.18. The second-order valence-corrected chi connectivity index (χ2v) is 10.5. The maximum Gasteiger partial charge on any atom is 0.198 e. The van der Waals surface area contributed by atoms with Gasteiger partial charge in [0.15, 0.2) is 37.2 Å². The van der Waals surface area contributed by atoms with Crippen molar-refractivity contribution in [3.8, 4) is 11.5 Å². The van der Waals surface area contributed by atoms with Crippen molar-refractivity contribution >= 4 is 17.3 Å². The molecule has 42 heavy (non-hydrogen) atoms. The Balaban J connectivity index is 1.78. The van der Waals surface area contributed by atoms with Crippen LogP contribution in [-0.2, 0) is 25.4 Å². The molecule has 0 amide bonds. The minimum Gasteiger partial charge on any atom is -0.467 e. The average molecular weight is 588 g/mol. The summed E-state index contributed by atoms with van der Waals surface area (Å²) in [7, 11) is 0. The Labute approximate surface area is 240 Å². The summed E-state index contributed by atoms with van der Waals surface area (Å²) >= 11 is 0. The number of aliphatic hydroxyl groups is 4. The first kappa shape index (κ1) is 30.2. The summed E-state index contributed by atoms with van der Waals surface area (Å²) < 4.78 is 29.0. The Morgan fingerprint density at radius 3 is 2.17 bits per heavy atom. The highest BCUT2D eigenvalue weighted by Gasteiger charge is 2.51. The molecular weight excluding hydrogens is 554 g/mol. The molecule has 0 saturated carbocycles. The third kappa shape index (κ3) is 4.91. The number of ether oxygens (including phenoxy) is 5. The van der Waals surface area contributed by atoms with Crippen molar-refractivity contribution in [1.29, 1.82) is 0 Å². The number of benzene rings is 2. The molecule has 226 valence electrons. The van der Waals surface area contributed by atoms with Crippen molar-refractivity contribution in [2.45, 2.75) is 69.4 Å². The molecule has 6 atom stereocenters. The number of fused-ring (bicyclic) bond motifs is 3. The van der Waals surface area contributed by atoms with E-state index >= 15 is 0 Å². The van der Waals surface area contributed by atoms with Gasteiger partial charge in [-0.3, -0.25) is 14.4 Å². The molecule has 1 fully saturated rings. The highest BCUT2D eigenvalue weighted by molar-refractivity contribution is 6.30. The van der Waals surface area contributed by atoms with Crippen LogP contribution in [0.25, 0.3) is 0 Å². The monoisotopic (exact) mass is 587 g/mol. The first-order valence-corrected chi connectivity index (χ1v) is 13.5. The van der Waals surface area contributed by atoms with Crippen molar-refractivity contribution in [2.24, 2.45) is 5.73 Å². The lowest BCUT2D eigenvalue weighted by Crippen LogP contribution is -2.53. The first-order chi connectivity index (χ1) is 20.1. The van der Waals surface area contributed by atoms with Gasteiger partial charge >= 0.3 is 0 Å². The van der Waals surface area contributed by atoms with E-state index in [0.29, 0.717) is 0 Å². The zero-order chi connectivity index (χ0) is 30.3. The summed E-state index contributed by atoms with van der Waals surface area (Å²) in [6, 6.07) is 5.46. The standard InChI is InChI=1S/C29H33NO12/c1-13-24(35)18(30)7-20(41-13)42-19-9-29(14(2)34,40-12-33)8-17-21(19)28(39-11-32)23-22(27(17)38-10-31)25(36)15-5-3-4-6-16(15)26(23)37/h3-6,13,18-20,24,31-33,35H,7-12,30H2,1-2H3/t13-,18+,19?,20+,24+,29+/m1/s1. The fourth-order valence-corrected chi connectivity index (χ4v) is 6.14. The highest BCUT2D eigenvalue weighted by atomic mass is 16.7. The van der Waals surface area contributed by atoms with Crippen LogP contribution in [0.2, 0.25) is 0 Å². The van der Waals surface area contributed by atoms with E-state index in [-0.39, 0.29) is 64.1 Å². The molecule has 2 aromatic rings. The second-order valence-electron chi connectivity index (χ2n) is 10.5. The molecule has 3 aliphatic rings. The maximum absolute atomic E-state index is 13.9. The van der Waals surface area contributed by atoms with Gasteiger partial charge in [0.2, 0.25) is 0 Å². The Hall–Kier alpha value is -3.27. The predicted octanol–water partition coefficient (Wildman–Crippen LogP) is 0.240. The molecule has 2 aliphatic carbocycles. The Bertz CT molecular complexity index is 1400. The topological polar surface area (TPSA) is 204 Å². The zero-order valence-electron chi connectivity index (χ0n) is 23.1. The van der Waals surface area contributed by atoms with Gasteiger partial charge in [0.25, 0.3) is 0 Å². The Morgan fingerprint density at radius 1 is 1.02 bits per heavy atom. The van der Waals surface area contributed by atoms with Crippen LogP contribution >= 0.6 is 0 Å². The highest BCUT2D eigenvalue weighted by Crippen LogP contribution is 2.53. The van der Waals surface area contributed by atoms with Crippen LogP contribution in [0.3, 0.4) is 0 Å². The van der Waals surface area contributed by atoms with Crippen molar-refractivity contribution < 1.29 is 58.5 Å². The van der Waals surface area contributed by atoms with Crippen molar-refractivity contribution in [3.63, 3.8) is 0 Å². The van der Waals surface area contributed by atoms with Crippen LogP contribution in [0.5, 0.6) is 11.5 Å².